The third-order valence-electron chi connectivity index (χ3n) is 3.25. The third-order valence-corrected chi connectivity index (χ3v) is 3.55. The summed E-state index contributed by atoms with van der Waals surface area (Å²) in [6.07, 6.45) is 0. The molecule has 21 heavy (non-hydrogen) atoms. The summed E-state index contributed by atoms with van der Waals surface area (Å²) in [4.78, 5) is 4.34. The van der Waals surface area contributed by atoms with E-state index in [1.54, 1.807) is 30.9 Å². The van der Waals surface area contributed by atoms with Crippen LogP contribution < -0.4 is 15.2 Å². The van der Waals surface area contributed by atoms with Crippen LogP contribution in [0.2, 0.25) is 5.02 Å². The second kappa shape index (κ2) is 5.18. The Morgan fingerprint density at radius 1 is 1.10 bits per heavy atom. The van der Waals surface area contributed by atoms with E-state index in [9.17, 15) is 0 Å². The number of fused-ring (bicyclic) bond motifs is 1. The molecule has 3 aromatic rings. The summed E-state index contributed by atoms with van der Waals surface area (Å²) >= 11 is 6.29. The summed E-state index contributed by atoms with van der Waals surface area (Å²) in [5.41, 5.74) is 8.32. The van der Waals surface area contributed by atoms with E-state index in [4.69, 9.17) is 26.8 Å². The second-order valence-corrected chi connectivity index (χ2v) is 4.89. The monoisotopic (exact) mass is 303 g/mol. The standard InChI is InChI=1S/C15H14ClN3O2/c1-20-10-6-9(7-11(8-10)21-2)19-14-12(16)4-3-5-13(14)18-15(19)17/h3-8H,1-2H3,(H2,17,18). The number of hydrogen-bond donors (Lipinski definition) is 1. The van der Waals surface area contributed by atoms with Crippen molar-refractivity contribution in [3.63, 3.8) is 0 Å². The van der Waals surface area contributed by atoms with Crippen molar-refractivity contribution in [2.24, 2.45) is 0 Å². The molecule has 0 saturated heterocycles. The molecule has 0 aliphatic heterocycles. The Balaban J connectivity index is 2.32. The lowest BCUT2D eigenvalue weighted by Gasteiger charge is -2.11. The molecule has 2 N–H and O–H groups in total. The number of para-hydroxylation sites is 1. The lowest BCUT2D eigenvalue weighted by atomic mass is 10.2. The Hall–Kier alpha value is -2.40. The van der Waals surface area contributed by atoms with Crippen molar-refractivity contribution in [1.29, 1.82) is 0 Å². The highest BCUT2D eigenvalue weighted by Crippen LogP contribution is 2.32. The zero-order valence-corrected chi connectivity index (χ0v) is 12.4. The van der Waals surface area contributed by atoms with Gasteiger partial charge in [-0.05, 0) is 12.1 Å². The summed E-state index contributed by atoms with van der Waals surface area (Å²) in [5, 5.41) is 0.582. The molecule has 1 aromatic heterocycles. The lowest BCUT2D eigenvalue weighted by Crippen LogP contribution is -2.02. The van der Waals surface area contributed by atoms with E-state index in [1.807, 2.05) is 24.3 Å². The smallest absolute Gasteiger partial charge is 0.205 e. The molecule has 0 bridgehead atoms. The fourth-order valence-electron chi connectivity index (χ4n) is 2.29. The van der Waals surface area contributed by atoms with Crippen LogP contribution in [0.3, 0.4) is 0 Å². The topological polar surface area (TPSA) is 62.3 Å². The van der Waals surface area contributed by atoms with Gasteiger partial charge in [0.05, 0.1) is 36.0 Å². The molecule has 0 fully saturated rings. The molecule has 0 saturated carbocycles. The van der Waals surface area contributed by atoms with E-state index in [2.05, 4.69) is 4.98 Å². The molecule has 0 aliphatic carbocycles. The van der Waals surface area contributed by atoms with Crippen LogP contribution in [0.4, 0.5) is 5.95 Å². The van der Waals surface area contributed by atoms with Gasteiger partial charge in [0.25, 0.3) is 0 Å². The SMILES string of the molecule is COc1cc(OC)cc(-n2c(N)nc3cccc(Cl)c32)c1. The van der Waals surface area contributed by atoms with Crippen molar-refractivity contribution in [1.82, 2.24) is 9.55 Å². The van der Waals surface area contributed by atoms with Gasteiger partial charge in [-0.2, -0.15) is 0 Å². The van der Waals surface area contributed by atoms with Gasteiger partial charge < -0.3 is 15.2 Å². The van der Waals surface area contributed by atoms with Crippen LogP contribution in [-0.2, 0) is 0 Å². The number of nitrogens with two attached hydrogens (primary N) is 1. The number of ether oxygens (including phenoxy) is 2. The van der Waals surface area contributed by atoms with Crippen molar-refractivity contribution in [2.75, 3.05) is 20.0 Å². The Morgan fingerprint density at radius 2 is 1.76 bits per heavy atom. The number of benzene rings is 2. The van der Waals surface area contributed by atoms with E-state index >= 15 is 0 Å². The van der Waals surface area contributed by atoms with Crippen LogP contribution in [0.25, 0.3) is 16.7 Å². The summed E-state index contributed by atoms with van der Waals surface area (Å²) in [6, 6.07) is 11.0. The fraction of sp³-hybridized carbons (Fsp3) is 0.133. The summed E-state index contributed by atoms with van der Waals surface area (Å²) < 4.78 is 12.4. The molecule has 0 radical (unpaired) electrons. The van der Waals surface area contributed by atoms with Crippen LogP contribution in [0, 0.1) is 0 Å². The third kappa shape index (κ3) is 2.25. The number of rotatable bonds is 3. The Kier molecular flexibility index (Phi) is 3.35. The molecule has 1 heterocycles. The van der Waals surface area contributed by atoms with E-state index < -0.39 is 0 Å². The fourth-order valence-corrected chi connectivity index (χ4v) is 2.54. The first-order valence-corrected chi connectivity index (χ1v) is 6.67. The van der Waals surface area contributed by atoms with Crippen molar-refractivity contribution in [3.05, 3.63) is 41.4 Å². The number of aromatic nitrogens is 2. The quantitative estimate of drug-likeness (QED) is 0.806. The first-order chi connectivity index (χ1) is 10.1. The van der Waals surface area contributed by atoms with Crippen LogP contribution in [0.15, 0.2) is 36.4 Å². The molecular formula is C15H14ClN3O2. The van der Waals surface area contributed by atoms with Crippen LogP contribution in [0.1, 0.15) is 0 Å². The Bertz CT molecular complexity index is 792. The first kappa shape index (κ1) is 13.6. The predicted molar refractivity (Wildman–Crippen MR) is 83.6 cm³/mol. The van der Waals surface area contributed by atoms with Gasteiger partial charge in [-0.15, -0.1) is 0 Å². The predicted octanol–water partition coefficient (Wildman–Crippen LogP) is 3.28. The largest absolute Gasteiger partial charge is 0.497 e. The lowest BCUT2D eigenvalue weighted by molar-refractivity contribution is 0.394. The van der Waals surface area contributed by atoms with Gasteiger partial charge in [0.1, 0.15) is 11.5 Å². The van der Waals surface area contributed by atoms with Gasteiger partial charge in [-0.3, -0.25) is 4.57 Å². The maximum absolute atomic E-state index is 6.29. The van der Waals surface area contributed by atoms with Crippen molar-refractivity contribution >= 4 is 28.6 Å². The summed E-state index contributed by atoms with van der Waals surface area (Å²) in [7, 11) is 3.20. The molecule has 2 aromatic carbocycles. The van der Waals surface area contributed by atoms with Gasteiger partial charge >= 0.3 is 0 Å². The molecule has 0 aliphatic rings. The van der Waals surface area contributed by atoms with Crippen molar-refractivity contribution in [2.45, 2.75) is 0 Å². The Morgan fingerprint density at radius 3 is 2.38 bits per heavy atom. The average Bonchev–Trinajstić information content (AvgIpc) is 2.84. The van der Waals surface area contributed by atoms with Gasteiger partial charge in [0.2, 0.25) is 5.95 Å². The minimum atomic E-state index is 0.355. The van der Waals surface area contributed by atoms with Gasteiger partial charge in [0.15, 0.2) is 0 Å². The second-order valence-electron chi connectivity index (χ2n) is 4.48. The zero-order valence-electron chi connectivity index (χ0n) is 11.6. The average molecular weight is 304 g/mol. The first-order valence-electron chi connectivity index (χ1n) is 6.30. The number of halogens is 1. The summed E-state index contributed by atoms with van der Waals surface area (Å²) in [5.74, 6) is 1.68. The minimum absolute atomic E-state index is 0.355. The molecule has 0 spiro atoms. The highest BCUT2D eigenvalue weighted by Gasteiger charge is 2.14. The number of imidazole rings is 1. The molecule has 3 rings (SSSR count). The molecular weight excluding hydrogens is 290 g/mol. The van der Waals surface area contributed by atoms with Crippen LogP contribution in [0.5, 0.6) is 11.5 Å². The number of nitrogens with zero attached hydrogens (tertiary/aromatic N) is 2. The molecule has 0 atom stereocenters. The normalized spacial score (nSPS) is 10.8. The van der Waals surface area contributed by atoms with Crippen LogP contribution >= 0.6 is 11.6 Å². The van der Waals surface area contributed by atoms with Gasteiger partial charge in [-0.25, -0.2) is 4.98 Å². The van der Waals surface area contributed by atoms with E-state index in [0.29, 0.717) is 22.5 Å². The van der Waals surface area contributed by atoms with Crippen molar-refractivity contribution < 1.29 is 9.47 Å². The maximum Gasteiger partial charge on any atom is 0.205 e. The van der Waals surface area contributed by atoms with E-state index in [-0.39, 0.29) is 0 Å². The maximum atomic E-state index is 6.29. The van der Waals surface area contributed by atoms with Crippen molar-refractivity contribution in [3.8, 4) is 17.2 Å². The number of hydrogen-bond acceptors (Lipinski definition) is 4. The van der Waals surface area contributed by atoms with E-state index in [1.165, 1.54) is 0 Å². The van der Waals surface area contributed by atoms with Crippen LogP contribution in [-0.4, -0.2) is 23.8 Å². The number of nitrogen functional groups attached to an aromatic ring is 1. The molecule has 0 unspecified atom stereocenters. The Labute approximate surface area is 126 Å². The summed E-state index contributed by atoms with van der Waals surface area (Å²) in [6.45, 7) is 0. The molecule has 5 nitrogen and oxygen atoms in total. The van der Waals surface area contributed by atoms with Gasteiger partial charge in [0, 0.05) is 18.2 Å². The minimum Gasteiger partial charge on any atom is -0.497 e. The number of anilines is 1. The number of methoxy groups -OCH3 is 2. The zero-order chi connectivity index (χ0) is 15.0. The highest BCUT2D eigenvalue weighted by molar-refractivity contribution is 6.35. The van der Waals surface area contributed by atoms with Gasteiger partial charge in [-0.1, -0.05) is 17.7 Å². The van der Waals surface area contributed by atoms with E-state index in [0.717, 1.165) is 16.7 Å². The molecule has 108 valence electrons. The highest BCUT2D eigenvalue weighted by atomic mass is 35.5. The molecule has 0 amide bonds. The molecule has 6 heteroatoms.